The van der Waals surface area contributed by atoms with Crippen molar-refractivity contribution in [3.8, 4) is 0 Å². The molecule has 2 amide bonds. The van der Waals surface area contributed by atoms with Crippen molar-refractivity contribution >= 4 is 29.6 Å². The summed E-state index contributed by atoms with van der Waals surface area (Å²) in [5.74, 6) is -4.16. The topological polar surface area (TPSA) is 221 Å². The molecule has 2 aliphatic rings. The molecule has 15 heteroatoms. The van der Waals surface area contributed by atoms with Crippen molar-refractivity contribution in [2.24, 2.45) is 0 Å². The minimum Gasteiger partial charge on any atom is -0.480 e. The molecule has 14 nitrogen and oxygen atoms in total. The van der Waals surface area contributed by atoms with E-state index in [-0.39, 0.29) is 13.0 Å². The first-order chi connectivity index (χ1) is 17.5. The van der Waals surface area contributed by atoms with Crippen LogP contribution < -0.4 is 15.5 Å². The largest absolute Gasteiger partial charge is 0.480 e. The summed E-state index contributed by atoms with van der Waals surface area (Å²) >= 11 is 5.72. The number of carboxylic acids is 1. The zero-order valence-corrected chi connectivity index (χ0v) is 21.5. The Morgan fingerprint density at radius 3 is 2.49 bits per heavy atom. The summed E-state index contributed by atoms with van der Waals surface area (Å²) in [5, 5.41) is 64.3. The average Bonchev–Trinajstić information content (AvgIpc) is 3.36. The van der Waals surface area contributed by atoms with Crippen LogP contribution in [0.25, 0.3) is 0 Å². The fourth-order valence-electron chi connectivity index (χ4n) is 4.56. The molecular formula is C22H39ClN4O10. The summed E-state index contributed by atoms with van der Waals surface area (Å²) in [5.41, 5.74) is 0. The Morgan fingerprint density at radius 2 is 1.86 bits per heavy atom. The van der Waals surface area contributed by atoms with E-state index >= 15 is 0 Å². The van der Waals surface area contributed by atoms with Crippen molar-refractivity contribution in [2.75, 3.05) is 26.2 Å². The lowest BCUT2D eigenvalue weighted by Gasteiger charge is -2.45. The summed E-state index contributed by atoms with van der Waals surface area (Å²) in [4.78, 5) is 40.1. The van der Waals surface area contributed by atoms with Gasteiger partial charge in [0.1, 0.15) is 42.5 Å². The number of rotatable bonds is 14. The first-order valence-electron chi connectivity index (χ1n) is 12.4. The highest BCUT2D eigenvalue weighted by molar-refractivity contribution is 6.15. The van der Waals surface area contributed by atoms with Gasteiger partial charge in [0.25, 0.3) is 0 Å². The normalized spacial score (nSPS) is 31.6. The van der Waals surface area contributed by atoms with E-state index in [0.29, 0.717) is 45.2 Å². The van der Waals surface area contributed by atoms with Crippen molar-refractivity contribution in [3.05, 3.63) is 0 Å². The molecule has 0 radical (unpaired) electrons. The van der Waals surface area contributed by atoms with Crippen LogP contribution in [0.3, 0.4) is 0 Å². The minimum absolute atomic E-state index is 0.117. The van der Waals surface area contributed by atoms with Gasteiger partial charge >= 0.3 is 5.97 Å². The number of carbonyl (C=O) groups excluding carboxylic acids is 2. The lowest BCUT2D eigenvalue weighted by molar-refractivity contribution is -0.350. The summed E-state index contributed by atoms with van der Waals surface area (Å²) < 4.78 is 5.20. The van der Waals surface area contributed by atoms with E-state index in [9.17, 15) is 45.0 Å². The van der Waals surface area contributed by atoms with E-state index in [1.54, 1.807) is 0 Å². The van der Waals surface area contributed by atoms with Crippen LogP contribution in [0.2, 0.25) is 0 Å². The van der Waals surface area contributed by atoms with Crippen molar-refractivity contribution in [1.82, 2.24) is 20.4 Å². The molecule has 8 unspecified atom stereocenters. The van der Waals surface area contributed by atoms with E-state index in [2.05, 4.69) is 15.5 Å². The summed E-state index contributed by atoms with van der Waals surface area (Å²) in [7, 11) is 0. The molecule has 0 aromatic rings. The van der Waals surface area contributed by atoms with E-state index in [4.69, 9.17) is 16.5 Å². The van der Waals surface area contributed by atoms with Gasteiger partial charge in [-0.05, 0) is 50.9 Å². The van der Waals surface area contributed by atoms with E-state index in [0.717, 1.165) is 0 Å². The fraction of sp³-hybridized carbons (Fsp3) is 0.864. The molecule has 0 aliphatic carbocycles. The van der Waals surface area contributed by atoms with Crippen molar-refractivity contribution in [3.63, 3.8) is 0 Å². The van der Waals surface area contributed by atoms with Gasteiger partial charge in [-0.3, -0.25) is 9.59 Å². The first kappa shape index (κ1) is 31.6. The van der Waals surface area contributed by atoms with Gasteiger partial charge in [0, 0.05) is 19.5 Å². The highest BCUT2D eigenvalue weighted by atomic mass is 35.5. The Bertz CT molecular complexity index is 778. The van der Waals surface area contributed by atoms with E-state index in [1.165, 1.54) is 11.8 Å². The van der Waals surface area contributed by atoms with Gasteiger partial charge < -0.3 is 50.9 Å². The number of halogens is 1. The Morgan fingerprint density at radius 1 is 1.16 bits per heavy atom. The summed E-state index contributed by atoms with van der Waals surface area (Å²) in [6, 6.07) is -2.57. The van der Waals surface area contributed by atoms with Crippen LogP contribution in [-0.2, 0) is 19.1 Å². The minimum atomic E-state index is -2.14. The van der Waals surface area contributed by atoms with Crippen LogP contribution in [0, 0.1) is 0 Å². The molecule has 0 bridgehead atoms. The quantitative estimate of drug-likeness (QED) is 0.0773. The molecule has 2 rings (SSSR count). The molecule has 8 atom stereocenters. The molecule has 2 fully saturated rings. The van der Waals surface area contributed by atoms with E-state index < -0.39 is 72.7 Å². The fourth-order valence-corrected chi connectivity index (χ4v) is 4.77. The maximum absolute atomic E-state index is 12.6. The number of hydrogen-bond acceptors (Lipinski definition) is 11. The van der Waals surface area contributed by atoms with Crippen LogP contribution >= 0.6 is 11.8 Å². The van der Waals surface area contributed by atoms with Crippen LogP contribution in [0.4, 0.5) is 0 Å². The zero-order valence-electron chi connectivity index (χ0n) is 20.8. The smallest absolute Gasteiger partial charge is 0.326 e. The van der Waals surface area contributed by atoms with Crippen molar-refractivity contribution < 1.29 is 49.8 Å². The predicted octanol–water partition coefficient (Wildman–Crippen LogP) is -3.01. The number of hydrogen-bond donors (Lipinski definition) is 9. The number of aliphatic hydroxyl groups excluding tert-OH is 4. The van der Waals surface area contributed by atoms with Gasteiger partial charge in [0.15, 0.2) is 5.79 Å². The highest BCUT2D eigenvalue weighted by Crippen LogP contribution is 2.30. The molecule has 9 N–H and O–H groups in total. The summed E-state index contributed by atoms with van der Waals surface area (Å²) in [6.45, 7) is 1.86. The number of ether oxygens (including phenoxy) is 1. The monoisotopic (exact) mass is 554 g/mol. The standard InChI is InChI=1S/C22H39ClN4O10/c1-12(20(33)27-10-4-6-14(27)21(34)35)25-19(32)13(26-23)5-2-3-8-24-9-7-22(36)18(31)17(30)16(29)15(11-28)37-22/h12-18,24,26,28-31,36H,2-11H2,1H3,(H,25,32)(H,34,35). The number of likely N-dealkylation sites (tertiary alicyclic amines) is 1. The molecule has 2 saturated heterocycles. The number of nitrogens with zero attached hydrogens (tertiary/aromatic N) is 1. The van der Waals surface area contributed by atoms with Crippen LogP contribution in [-0.4, -0.2) is 128 Å². The molecule has 0 spiro atoms. The Labute approximate surface area is 220 Å². The maximum atomic E-state index is 12.6. The molecule has 0 aromatic carbocycles. The van der Waals surface area contributed by atoms with Gasteiger partial charge in [0.05, 0.1) is 6.61 Å². The Kier molecular flexibility index (Phi) is 12.4. The number of carboxylic acid groups (broad SMARTS) is 1. The number of carbonyl (C=O) groups is 3. The molecule has 2 aliphatic heterocycles. The molecule has 2 heterocycles. The predicted molar refractivity (Wildman–Crippen MR) is 129 cm³/mol. The molecule has 0 saturated carbocycles. The number of unbranched alkanes of at least 4 members (excludes halogenated alkanes) is 1. The third kappa shape index (κ3) is 8.18. The van der Waals surface area contributed by atoms with Gasteiger partial charge in [-0.2, -0.15) is 0 Å². The van der Waals surface area contributed by atoms with Gasteiger partial charge in [0.2, 0.25) is 11.8 Å². The zero-order chi connectivity index (χ0) is 27.8. The van der Waals surface area contributed by atoms with Crippen molar-refractivity contribution in [2.45, 2.75) is 93.8 Å². The third-order valence-electron chi connectivity index (χ3n) is 6.81. The second kappa shape index (κ2) is 14.5. The number of aliphatic carboxylic acids is 1. The highest BCUT2D eigenvalue weighted by Gasteiger charge is 2.52. The van der Waals surface area contributed by atoms with Gasteiger partial charge in [-0.25, -0.2) is 9.63 Å². The van der Waals surface area contributed by atoms with Crippen LogP contribution in [0.1, 0.15) is 45.4 Å². The lowest BCUT2D eigenvalue weighted by atomic mass is 9.91. The number of nitrogens with one attached hydrogen (secondary N) is 3. The van der Waals surface area contributed by atoms with Crippen LogP contribution in [0.15, 0.2) is 0 Å². The SMILES string of the molecule is CC(NC(=O)C(CCCCNCCC1(O)OC(CO)C(O)C(O)C1O)NCl)C(=O)N1CCCC1C(=O)O. The van der Waals surface area contributed by atoms with Gasteiger partial charge in [-0.1, -0.05) is 6.42 Å². The Balaban J connectivity index is 1.69. The third-order valence-corrected chi connectivity index (χ3v) is 7.07. The molecule has 214 valence electrons. The molecule has 0 aromatic heterocycles. The van der Waals surface area contributed by atoms with Gasteiger partial charge in [-0.15, -0.1) is 0 Å². The van der Waals surface area contributed by atoms with Crippen molar-refractivity contribution in [1.29, 1.82) is 0 Å². The van der Waals surface area contributed by atoms with Crippen LogP contribution in [0.5, 0.6) is 0 Å². The Hall–Kier alpha value is -1.62. The number of amides is 2. The average molecular weight is 555 g/mol. The second-order valence-electron chi connectivity index (χ2n) is 9.53. The second-order valence-corrected chi connectivity index (χ2v) is 9.74. The summed E-state index contributed by atoms with van der Waals surface area (Å²) in [6.07, 6.45) is -3.80. The first-order valence-corrected chi connectivity index (χ1v) is 12.8. The van der Waals surface area contributed by atoms with E-state index in [1.807, 2.05) is 0 Å². The maximum Gasteiger partial charge on any atom is 0.326 e. The lowest BCUT2D eigenvalue weighted by Crippen LogP contribution is -2.65. The molecule has 37 heavy (non-hydrogen) atoms. The number of aliphatic hydroxyl groups is 5. The molecular weight excluding hydrogens is 516 g/mol.